The van der Waals surface area contributed by atoms with Gasteiger partial charge in [-0.15, -0.1) is 0 Å². The second kappa shape index (κ2) is 3.92. The Morgan fingerprint density at radius 1 is 1.60 bits per heavy atom. The van der Waals surface area contributed by atoms with Crippen LogP contribution in [-0.4, -0.2) is 29.8 Å². The Bertz CT molecular complexity index is 298. The Balaban J connectivity index is 2.44. The molecule has 15 heavy (non-hydrogen) atoms. The van der Waals surface area contributed by atoms with Crippen LogP contribution in [-0.2, 0) is 9.53 Å². The van der Waals surface area contributed by atoms with Crippen LogP contribution < -0.4 is 5.32 Å². The Hall–Kier alpha value is -1.52. The predicted octanol–water partition coefficient (Wildman–Crippen LogP) is 1.01. The molecule has 1 amide bonds. The highest BCUT2D eigenvalue weighted by atomic mass is 16.5. The summed E-state index contributed by atoms with van der Waals surface area (Å²) in [5, 5.41) is 11.4. The van der Waals surface area contributed by atoms with Crippen LogP contribution in [0.1, 0.15) is 13.8 Å². The fourth-order valence-corrected chi connectivity index (χ4v) is 1.67. The van der Waals surface area contributed by atoms with E-state index < -0.39 is 23.4 Å². The van der Waals surface area contributed by atoms with Gasteiger partial charge >= 0.3 is 12.1 Å². The van der Waals surface area contributed by atoms with Gasteiger partial charge < -0.3 is 15.2 Å². The topological polar surface area (TPSA) is 75.6 Å². The highest BCUT2D eigenvalue weighted by Crippen LogP contribution is 2.51. The second-order valence-corrected chi connectivity index (χ2v) is 4.15. The molecule has 1 fully saturated rings. The van der Waals surface area contributed by atoms with Gasteiger partial charge in [-0.2, -0.15) is 0 Å². The Labute approximate surface area is 88.1 Å². The molecule has 0 aliphatic heterocycles. The monoisotopic (exact) mass is 213 g/mol. The van der Waals surface area contributed by atoms with E-state index in [-0.39, 0.29) is 12.6 Å². The van der Waals surface area contributed by atoms with E-state index in [1.807, 2.05) is 0 Å². The van der Waals surface area contributed by atoms with E-state index in [2.05, 4.69) is 11.9 Å². The van der Waals surface area contributed by atoms with Crippen molar-refractivity contribution in [1.82, 2.24) is 5.32 Å². The summed E-state index contributed by atoms with van der Waals surface area (Å²) < 4.78 is 4.70. The van der Waals surface area contributed by atoms with Gasteiger partial charge in [-0.25, -0.2) is 4.79 Å². The fraction of sp³-hybridized carbons (Fsp3) is 0.600. The lowest BCUT2D eigenvalue weighted by molar-refractivity contribution is -0.139. The van der Waals surface area contributed by atoms with Crippen molar-refractivity contribution in [3.63, 3.8) is 0 Å². The van der Waals surface area contributed by atoms with Gasteiger partial charge in [0.2, 0.25) is 0 Å². The molecule has 0 saturated heterocycles. The highest BCUT2D eigenvalue weighted by Gasteiger charge is 2.63. The average molecular weight is 213 g/mol. The first-order valence-electron chi connectivity index (χ1n) is 4.68. The van der Waals surface area contributed by atoms with Crippen LogP contribution >= 0.6 is 0 Å². The van der Waals surface area contributed by atoms with E-state index in [0.717, 1.165) is 0 Å². The molecule has 2 atom stereocenters. The zero-order valence-corrected chi connectivity index (χ0v) is 8.82. The number of carbonyl (C=O) groups is 2. The number of carboxylic acids is 1. The van der Waals surface area contributed by atoms with Crippen molar-refractivity contribution in [2.24, 2.45) is 11.3 Å². The molecule has 84 valence electrons. The van der Waals surface area contributed by atoms with Crippen molar-refractivity contribution < 1.29 is 19.4 Å². The van der Waals surface area contributed by atoms with Gasteiger partial charge in [-0.3, -0.25) is 4.79 Å². The van der Waals surface area contributed by atoms with Crippen molar-refractivity contribution >= 4 is 12.1 Å². The average Bonchev–Trinajstić information content (AvgIpc) is 2.64. The van der Waals surface area contributed by atoms with Crippen molar-refractivity contribution in [3.8, 4) is 0 Å². The molecule has 0 spiro atoms. The third-order valence-corrected chi connectivity index (χ3v) is 2.70. The molecule has 0 unspecified atom stereocenters. The van der Waals surface area contributed by atoms with Crippen LogP contribution in [0.25, 0.3) is 0 Å². The minimum atomic E-state index is -0.894. The van der Waals surface area contributed by atoms with E-state index >= 15 is 0 Å². The summed E-state index contributed by atoms with van der Waals surface area (Å²) in [6.07, 6.45) is 0.850. The number of nitrogens with one attached hydrogen (secondary N) is 1. The molecule has 1 aliphatic rings. The van der Waals surface area contributed by atoms with Crippen LogP contribution in [0, 0.1) is 11.3 Å². The minimum absolute atomic E-state index is 0.122. The van der Waals surface area contributed by atoms with Crippen molar-refractivity contribution in [1.29, 1.82) is 0 Å². The summed E-state index contributed by atoms with van der Waals surface area (Å²) >= 11 is 0. The fourth-order valence-electron chi connectivity index (χ4n) is 1.67. The van der Waals surface area contributed by atoms with Crippen LogP contribution in [0.4, 0.5) is 4.79 Å². The van der Waals surface area contributed by atoms with Crippen LogP contribution in [0.2, 0.25) is 0 Å². The quantitative estimate of drug-likeness (QED) is 0.683. The number of carboxylic acid groups (broad SMARTS) is 1. The summed E-state index contributed by atoms with van der Waals surface area (Å²) in [7, 11) is 0. The van der Waals surface area contributed by atoms with E-state index in [4.69, 9.17) is 9.84 Å². The Morgan fingerprint density at radius 3 is 2.60 bits per heavy atom. The third kappa shape index (κ3) is 2.29. The molecule has 0 aromatic carbocycles. The van der Waals surface area contributed by atoms with Gasteiger partial charge in [0.25, 0.3) is 0 Å². The van der Waals surface area contributed by atoms with Gasteiger partial charge in [0.05, 0.1) is 12.0 Å². The highest BCUT2D eigenvalue weighted by molar-refractivity contribution is 5.79. The maximum Gasteiger partial charge on any atom is 0.407 e. The van der Waals surface area contributed by atoms with Gasteiger partial charge in [0, 0.05) is 5.41 Å². The normalized spacial score (nSPS) is 26.5. The minimum Gasteiger partial charge on any atom is -0.481 e. The number of amides is 1. The SMILES string of the molecule is C=CCOC(=O)N[C@H]1[C@@H](C(=O)O)C1(C)C. The molecule has 2 N–H and O–H groups in total. The van der Waals surface area contributed by atoms with E-state index in [9.17, 15) is 9.59 Å². The molecule has 0 radical (unpaired) electrons. The molecule has 0 bridgehead atoms. The van der Waals surface area contributed by atoms with Crippen molar-refractivity contribution in [2.75, 3.05) is 6.61 Å². The second-order valence-electron chi connectivity index (χ2n) is 4.15. The van der Waals surface area contributed by atoms with E-state index in [0.29, 0.717) is 0 Å². The first kappa shape index (κ1) is 11.6. The Kier molecular flexibility index (Phi) is 3.02. The maximum atomic E-state index is 11.1. The molecular formula is C10H15NO4. The summed E-state index contributed by atoms with van der Waals surface area (Å²) in [5.41, 5.74) is -0.404. The Morgan fingerprint density at radius 2 is 2.20 bits per heavy atom. The summed E-state index contributed by atoms with van der Waals surface area (Å²) in [6.45, 7) is 7.11. The lowest BCUT2D eigenvalue weighted by Gasteiger charge is -2.05. The number of hydrogen-bond donors (Lipinski definition) is 2. The lowest BCUT2D eigenvalue weighted by Crippen LogP contribution is -2.30. The number of rotatable bonds is 4. The standard InChI is InChI=1S/C10H15NO4/c1-4-5-15-9(14)11-7-6(8(12)13)10(7,2)3/h4,6-7H,1,5H2,2-3H3,(H,11,14)(H,12,13)/t6-,7-/m0/s1. The zero-order chi connectivity index (χ0) is 11.6. The molecule has 5 heteroatoms. The lowest BCUT2D eigenvalue weighted by atomic mass is 10.1. The van der Waals surface area contributed by atoms with Crippen LogP contribution in [0.15, 0.2) is 12.7 Å². The molecule has 0 aromatic heterocycles. The third-order valence-electron chi connectivity index (χ3n) is 2.70. The van der Waals surface area contributed by atoms with Crippen molar-refractivity contribution in [3.05, 3.63) is 12.7 Å². The summed E-state index contributed by atoms with van der Waals surface area (Å²) in [4.78, 5) is 21.9. The molecule has 1 saturated carbocycles. The largest absolute Gasteiger partial charge is 0.481 e. The molecule has 0 aromatic rings. The summed E-state index contributed by atoms with van der Waals surface area (Å²) in [6, 6.07) is -0.354. The molecular weight excluding hydrogens is 198 g/mol. The van der Waals surface area contributed by atoms with Gasteiger partial charge in [-0.05, 0) is 0 Å². The number of aliphatic carboxylic acids is 1. The molecule has 1 aliphatic carbocycles. The van der Waals surface area contributed by atoms with E-state index in [1.165, 1.54) is 6.08 Å². The van der Waals surface area contributed by atoms with Crippen molar-refractivity contribution in [2.45, 2.75) is 19.9 Å². The maximum absolute atomic E-state index is 11.1. The predicted molar refractivity (Wildman–Crippen MR) is 53.4 cm³/mol. The first-order chi connectivity index (χ1) is 6.91. The van der Waals surface area contributed by atoms with Gasteiger partial charge in [0.15, 0.2) is 0 Å². The zero-order valence-electron chi connectivity index (χ0n) is 8.82. The van der Waals surface area contributed by atoms with E-state index in [1.54, 1.807) is 13.8 Å². The molecule has 0 heterocycles. The molecule has 1 rings (SSSR count). The summed E-state index contributed by atoms with van der Waals surface area (Å²) in [5.74, 6) is -1.43. The number of ether oxygens (including phenoxy) is 1. The van der Waals surface area contributed by atoms with Gasteiger partial charge in [-0.1, -0.05) is 26.5 Å². The van der Waals surface area contributed by atoms with Crippen LogP contribution in [0.3, 0.4) is 0 Å². The number of hydrogen-bond acceptors (Lipinski definition) is 3. The molecule has 5 nitrogen and oxygen atoms in total. The van der Waals surface area contributed by atoms with Gasteiger partial charge in [0.1, 0.15) is 6.61 Å². The first-order valence-corrected chi connectivity index (χ1v) is 4.68. The smallest absolute Gasteiger partial charge is 0.407 e. The van der Waals surface area contributed by atoms with Crippen LogP contribution in [0.5, 0.6) is 0 Å². The number of carbonyl (C=O) groups excluding carboxylic acids is 1. The number of alkyl carbamates (subject to hydrolysis) is 1.